The molecule has 1 aliphatic rings. The molecule has 0 spiro atoms. The van der Waals surface area contributed by atoms with Crippen molar-refractivity contribution >= 4 is 46.8 Å². The second-order valence-corrected chi connectivity index (χ2v) is 6.57. The third kappa shape index (κ3) is 3.00. The summed E-state index contributed by atoms with van der Waals surface area (Å²) in [6.45, 7) is 0. The number of benzene rings is 1. The first-order valence-electron chi connectivity index (χ1n) is 6.93. The van der Waals surface area contributed by atoms with E-state index in [1.54, 1.807) is 24.3 Å². The molecule has 1 fully saturated rings. The van der Waals surface area contributed by atoms with E-state index in [1.165, 1.54) is 18.3 Å². The van der Waals surface area contributed by atoms with E-state index in [9.17, 15) is 19.5 Å². The number of para-hydroxylation sites is 1. The Balaban J connectivity index is 1.88. The zero-order chi connectivity index (χ0) is 17.3. The average molecular weight is 362 g/mol. The molecule has 1 atom stereocenters. The highest BCUT2D eigenvalue weighted by Gasteiger charge is 2.41. The van der Waals surface area contributed by atoms with Gasteiger partial charge in [-0.3, -0.25) is 9.59 Å². The molecule has 0 bridgehead atoms. The second kappa shape index (κ2) is 6.62. The molecule has 1 saturated heterocycles. The summed E-state index contributed by atoms with van der Waals surface area (Å²) in [7, 11) is 0. The van der Waals surface area contributed by atoms with Crippen molar-refractivity contribution in [3.8, 4) is 0 Å². The number of carboxylic acids is 1. The lowest BCUT2D eigenvalue weighted by Crippen LogP contribution is -2.31. The number of carboxylic acid groups (broad SMARTS) is 1. The van der Waals surface area contributed by atoms with Crippen molar-refractivity contribution in [2.75, 3.05) is 4.90 Å². The van der Waals surface area contributed by atoms with Crippen molar-refractivity contribution < 1.29 is 19.5 Å². The van der Waals surface area contributed by atoms with Gasteiger partial charge in [0.15, 0.2) is 0 Å². The number of thioether (sulfide) groups is 1. The molecule has 0 N–H and O–H groups in total. The summed E-state index contributed by atoms with van der Waals surface area (Å²) in [4.78, 5) is 41.0. The number of aromatic carboxylic acids is 1. The van der Waals surface area contributed by atoms with E-state index in [-0.39, 0.29) is 22.0 Å². The summed E-state index contributed by atoms with van der Waals surface area (Å²) in [6, 6.07) is 9.35. The van der Waals surface area contributed by atoms with Crippen LogP contribution in [-0.2, 0) is 9.59 Å². The number of anilines is 1. The molecule has 0 radical (unpaired) electrons. The van der Waals surface area contributed by atoms with Crippen molar-refractivity contribution in [2.24, 2.45) is 0 Å². The summed E-state index contributed by atoms with van der Waals surface area (Å²) in [6.07, 6.45) is 1.36. The molecule has 8 heteroatoms. The van der Waals surface area contributed by atoms with Crippen LogP contribution < -0.4 is 10.0 Å². The molecule has 122 valence electrons. The lowest BCUT2D eigenvalue weighted by molar-refractivity contribution is -0.255. The molecule has 2 amide bonds. The molecule has 1 aliphatic heterocycles. The van der Waals surface area contributed by atoms with Crippen LogP contribution in [0.25, 0.3) is 0 Å². The summed E-state index contributed by atoms with van der Waals surface area (Å²) in [5, 5.41) is 10.8. The highest BCUT2D eigenvalue weighted by Crippen LogP contribution is 2.36. The van der Waals surface area contributed by atoms with Crippen LogP contribution in [0.5, 0.6) is 0 Å². The van der Waals surface area contributed by atoms with Gasteiger partial charge in [-0.1, -0.05) is 35.5 Å². The fourth-order valence-corrected chi connectivity index (χ4v) is 3.68. The van der Waals surface area contributed by atoms with Gasteiger partial charge in [0.05, 0.1) is 21.9 Å². The van der Waals surface area contributed by atoms with E-state index in [1.807, 2.05) is 0 Å². The second-order valence-electron chi connectivity index (χ2n) is 4.97. The summed E-state index contributed by atoms with van der Waals surface area (Å²) in [5.41, 5.74) is 0.206. The molecule has 3 rings (SSSR count). The summed E-state index contributed by atoms with van der Waals surface area (Å²) in [5.74, 6) is -2.23. The normalized spacial score (nSPS) is 17.4. The van der Waals surface area contributed by atoms with Crippen LogP contribution in [0.1, 0.15) is 16.8 Å². The van der Waals surface area contributed by atoms with E-state index >= 15 is 0 Å². The molecule has 2 heterocycles. The van der Waals surface area contributed by atoms with Crippen LogP contribution in [0, 0.1) is 0 Å². The number of aromatic nitrogens is 1. The third-order valence-electron chi connectivity index (χ3n) is 3.44. The van der Waals surface area contributed by atoms with Gasteiger partial charge in [0.2, 0.25) is 11.8 Å². The van der Waals surface area contributed by atoms with Crippen molar-refractivity contribution in [1.29, 1.82) is 0 Å². The maximum absolute atomic E-state index is 12.6. The van der Waals surface area contributed by atoms with Crippen LogP contribution in [0.2, 0.25) is 5.02 Å². The highest BCUT2D eigenvalue weighted by atomic mass is 35.5. The molecular weight excluding hydrogens is 352 g/mol. The van der Waals surface area contributed by atoms with E-state index in [0.29, 0.717) is 5.69 Å². The highest BCUT2D eigenvalue weighted by molar-refractivity contribution is 8.00. The van der Waals surface area contributed by atoms with E-state index in [4.69, 9.17) is 11.6 Å². The van der Waals surface area contributed by atoms with Crippen LogP contribution >= 0.6 is 23.4 Å². The molecule has 1 aromatic heterocycles. The number of hydrogen-bond acceptors (Lipinski definition) is 6. The topological polar surface area (TPSA) is 90.4 Å². The summed E-state index contributed by atoms with van der Waals surface area (Å²) < 4.78 is 0. The Hall–Kier alpha value is -2.38. The maximum Gasteiger partial charge on any atom is 0.247 e. The number of hydrogen-bond donors (Lipinski definition) is 0. The first-order valence-corrected chi connectivity index (χ1v) is 8.19. The van der Waals surface area contributed by atoms with Gasteiger partial charge in [0.25, 0.3) is 0 Å². The quantitative estimate of drug-likeness (QED) is 0.767. The minimum atomic E-state index is -1.38. The van der Waals surface area contributed by atoms with E-state index in [2.05, 4.69) is 4.98 Å². The molecule has 24 heavy (non-hydrogen) atoms. The zero-order valence-electron chi connectivity index (χ0n) is 12.1. The van der Waals surface area contributed by atoms with E-state index in [0.717, 1.165) is 16.7 Å². The Morgan fingerprint density at radius 1 is 1.25 bits per heavy atom. The molecule has 6 nitrogen and oxygen atoms in total. The fourth-order valence-electron chi connectivity index (χ4n) is 2.36. The predicted molar refractivity (Wildman–Crippen MR) is 86.8 cm³/mol. The number of pyridine rings is 1. The van der Waals surface area contributed by atoms with Gasteiger partial charge in [0, 0.05) is 18.2 Å². The van der Waals surface area contributed by atoms with Gasteiger partial charge >= 0.3 is 0 Å². The van der Waals surface area contributed by atoms with Gasteiger partial charge < -0.3 is 9.90 Å². The van der Waals surface area contributed by atoms with Crippen molar-refractivity contribution in [3.63, 3.8) is 0 Å². The SMILES string of the molecule is O=C([O-])c1cccnc1S[C@@H]1CC(=O)N(c2ccccc2Cl)C1=O. The number of carbonyl (C=O) groups excluding carboxylic acids is 3. The maximum atomic E-state index is 12.6. The Labute approximate surface area is 146 Å². The van der Waals surface area contributed by atoms with Crippen molar-refractivity contribution in [3.05, 3.63) is 53.2 Å². The number of rotatable bonds is 4. The number of nitrogens with zero attached hydrogens (tertiary/aromatic N) is 2. The lowest BCUT2D eigenvalue weighted by atomic mass is 10.3. The first-order chi connectivity index (χ1) is 11.5. The largest absolute Gasteiger partial charge is 0.545 e. The van der Waals surface area contributed by atoms with Gasteiger partial charge in [-0.05, 0) is 24.3 Å². The lowest BCUT2D eigenvalue weighted by Gasteiger charge is -2.16. The average Bonchev–Trinajstić information content (AvgIpc) is 2.82. The minimum Gasteiger partial charge on any atom is -0.545 e. The summed E-state index contributed by atoms with van der Waals surface area (Å²) >= 11 is 6.99. The third-order valence-corrected chi connectivity index (χ3v) is 4.96. The van der Waals surface area contributed by atoms with Crippen LogP contribution in [0.3, 0.4) is 0 Å². The standard InChI is InChI=1S/C16H11ClN2O4S/c17-10-5-1-2-6-11(10)19-13(20)8-12(15(19)21)24-14-9(16(22)23)4-3-7-18-14/h1-7,12H,8H2,(H,22,23)/p-1/t12-/m1/s1. The molecule has 0 aliphatic carbocycles. The zero-order valence-corrected chi connectivity index (χ0v) is 13.7. The smallest absolute Gasteiger partial charge is 0.247 e. The Morgan fingerprint density at radius 2 is 2.00 bits per heavy atom. The minimum absolute atomic E-state index is 0.0578. The van der Waals surface area contributed by atoms with Crippen LogP contribution in [0.15, 0.2) is 47.6 Å². The molecule has 0 saturated carbocycles. The van der Waals surface area contributed by atoms with Gasteiger partial charge in [-0.15, -0.1) is 0 Å². The number of imide groups is 1. The fraction of sp³-hybridized carbons (Fsp3) is 0.125. The monoisotopic (exact) mass is 361 g/mol. The van der Waals surface area contributed by atoms with Gasteiger partial charge in [-0.25, -0.2) is 9.88 Å². The van der Waals surface area contributed by atoms with Crippen LogP contribution in [0.4, 0.5) is 5.69 Å². The van der Waals surface area contributed by atoms with Gasteiger partial charge in [0.1, 0.15) is 5.03 Å². The molecule has 1 aromatic carbocycles. The Bertz CT molecular complexity index is 842. The van der Waals surface area contributed by atoms with Crippen molar-refractivity contribution in [2.45, 2.75) is 16.7 Å². The van der Waals surface area contributed by atoms with E-state index < -0.39 is 23.0 Å². The number of halogens is 1. The Kier molecular flexibility index (Phi) is 4.55. The predicted octanol–water partition coefficient (Wildman–Crippen LogP) is 1.52. The molecule has 2 aromatic rings. The van der Waals surface area contributed by atoms with Crippen molar-refractivity contribution in [1.82, 2.24) is 4.98 Å². The number of carbonyl (C=O) groups is 3. The first kappa shape index (κ1) is 16.5. The Morgan fingerprint density at radius 3 is 2.71 bits per heavy atom. The number of amides is 2. The van der Waals surface area contributed by atoms with Gasteiger partial charge in [-0.2, -0.15) is 0 Å². The molecular formula is C16H10ClN2O4S-. The molecule has 0 unspecified atom stereocenters. The van der Waals surface area contributed by atoms with Crippen LogP contribution in [-0.4, -0.2) is 28.0 Å².